The summed E-state index contributed by atoms with van der Waals surface area (Å²) in [4.78, 5) is 0. The molecule has 0 heterocycles. The lowest BCUT2D eigenvalue weighted by Gasteiger charge is -2.11. The molecule has 3 rings (SSSR count). The molecule has 0 nitrogen and oxygen atoms in total. The molecule has 2 aromatic rings. The van der Waals surface area contributed by atoms with E-state index in [0.29, 0.717) is 0 Å². The average Bonchev–Trinajstić information content (AvgIpc) is 2.68. The van der Waals surface area contributed by atoms with Crippen LogP contribution in [0.1, 0.15) is 34.4 Å². The molecule has 0 fully saturated rings. The van der Waals surface area contributed by atoms with Crippen molar-refractivity contribution in [3.8, 4) is 0 Å². The number of fused-ring (bicyclic) bond motifs is 1. The molecule has 1 aliphatic rings. The van der Waals surface area contributed by atoms with E-state index >= 15 is 0 Å². The highest BCUT2D eigenvalue weighted by Gasteiger charge is 2.30. The maximum atomic E-state index is 13.2. The molecule has 0 aromatic heterocycles. The molecule has 0 aliphatic heterocycles. The van der Waals surface area contributed by atoms with Gasteiger partial charge in [0, 0.05) is 5.92 Å². The van der Waals surface area contributed by atoms with Gasteiger partial charge in [-0.25, -0.2) is 8.78 Å². The minimum atomic E-state index is -0.265. The van der Waals surface area contributed by atoms with Crippen LogP contribution in [-0.4, -0.2) is 0 Å². The zero-order valence-corrected chi connectivity index (χ0v) is 10.3. The fourth-order valence-corrected chi connectivity index (χ4v) is 2.97. The van der Waals surface area contributed by atoms with Gasteiger partial charge in [-0.05, 0) is 47.4 Å². The molecule has 0 unspecified atom stereocenters. The Balaban J connectivity index is 2.05. The van der Waals surface area contributed by atoms with Gasteiger partial charge in [0.1, 0.15) is 11.6 Å². The molecule has 0 spiro atoms. The number of alkyl halides is 1. The van der Waals surface area contributed by atoms with Crippen LogP contribution < -0.4 is 0 Å². The third-order valence-electron chi connectivity index (χ3n) is 3.48. The predicted octanol–water partition coefficient (Wildman–Crippen LogP) is 4.78. The van der Waals surface area contributed by atoms with Crippen LogP contribution in [0.2, 0.25) is 0 Å². The smallest absolute Gasteiger partial charge is 0.123 e. The highest BCUT2D eigenvalue weighted by Crippen LogP contribution is 2.47. The quantitative estimate of drug-likeness (QED) is 0.650. The summed E-state index contributed by atoms with van der Waals surface area (Å²) in [6, 6.07) is 11.1. The lowest BCUT2D eigenvalue weighted by atomic mass is 9.93. The number of hydrogen-bond donors (Lipinski definition) is 0. The summed E-state index contributed by atoms with van der Waals surface area (Å²) in [5.74, 6) is -0.388. The molecule has 92 valence electrons. The van der Waals surface area contributed by atoms with Crippen LogP contribution in [0.15, 0.2) is 42.5 Å². The van der Waals surface area contributed by atoms with Gasteiger partial charge in [-0.3, -0.25) is 0 Å². The summed E-state index contributed by atoms with van der Waals surface area (Å²) in [6.07, 6.45) is 0.728. The summed E-state index contributed by atoms with van der Waals surface area (Å²) in [7, 11) is 0. The number of halogens is 3. The second-order valence-electron chi connectivity index (χ2n) is 4.58. The van der Waals surface area contributed by atoms with Crippen LogP contribution in [0.5, 0.6) is 0 Å². The van der Waals surface area contributed by atoms with Gasteiger partial charge < -0.3 is 0 Å². The normalized spacial score (nSPS) is 21.9. The SMILES string of the molecule is Fc1ccc([C@H]2C[C@@H](Cl)c3cc(F)ccc32)cc1. The monoisotopic (exact) mass is 264 g/mol. The van der Waals surface area contributed by atoms with E-state index in [4.69, 9.17) is 11.6 Å². The van der Waals surface area contributed by atoms with E-state index in [2.05, 4.69) is 0 Å². The molecule has 0 saturated heterocycles. The van der Waals surface area contributed by atoms with Crippen LogP contribution in [0.3, 0.4) is 0 Å². The Kier molecular flexibility index (Phi) is 2.83. The third-order valence-corrected chi connectivity index (χ3v) is 3.89. The van der Waals surface area contributed by atoms with Crippen molar-refractivity contribution in [3.63, 3.8) is 0 Å². The molecule has 0 N–H and O–H groups in total. The van der Waals surface area contributed by atoms with Crippen LogP contribution in [0, 0.1) is 11.6 Å². The molecule has 0 saturated carbocycles. The van der Waals surface area contributed by atoms with Crippen LogP contribution in [0.4, 0.5) is 8.78 Å². The van der Waals surface area contributed by atoms with Crippen molar-refractivity contribution in [3.05, 3.63) is 70.8 Å². The van der Waals surface area contributed by atoms with E-state index in [1.807, 2.05) is 0 Å². The van der Waals surface area contributed by atoms with Crippen LogP contribution in [0.25, 0.3) is 0 Å². The van der Waals surface area contributed by atoms with Crippen molar-refractivity contribution < 1.29 is 8.78 Å². The molecule has 0 bridgehead atoms. The topological polar surface area (TPSA) is 0 Å². The molecule has 2 atom stereocenters. The summed E-state index contributed by atoms with van der Waals surface area (Å²) < 4.78 is 26.1. The molecular weight excluding hydrogens is 254 g/mol. The maximum absolute atomic E-state index is 13.2. The number of benzene rings is 2. The third kappa shape index (κ3) is 1.91. The second kappa shape index (κ2) is 4.36. The summed E-state index contributed by atoms with van der Waals surface area (Å²) in [5, 5.41) is -0.175. The van der Waals surface area contributed by atoms with Crippen LogP contribution in [-0.2, 0) is 0 Å². The first kappa shape index (κ1) is 11.7. The van der Waals surface area contributed by atoms with Crippen molar-refractivity contribution in [2.75, 3.05) is 0 Å². The van der Waals surface area contributed by atoms with Crippen molar-refractivity contribution in [2.24, 2.45) is 0 Å². The Hall–Kier alpha value is -1.41. The molecule has 3 heteroatoms. The van der Waals surface area contributed by atoms with Crippen molar-refractivity contribution in [1.82, 2.24) is 0 Å². The highest BCUT2D eigenvalue weighted by atomic mass is 35.5. The first-order valence-electron chi connectivity index (χ1n) is 5.84. The van der Waals surface area contributed by atoms with Gasteiger partial charge in [-0.2, -0.15) is 0 Å². The Labute approximate surface area is 109 Å². The van der Waals surface area contributed by atoms with Gasteiger partial charge in [-0.15, -0.1) is 11.6 Å². The zero-order chi connectivity index (χ0) is 12.7. The Morgan fingerprint density at radius 3 is 2.28 bits per heavy atom. The average molecular weight is 265 g/mol. The Morgan fingerprint density at radius 2 is 1.56 bits per heavy atom. The zero-order valence-electron chi connectivity index (χ0n) is 9.54. The van der Waals surface area contributed by atoms with Gasteiger partial charge >= 0.3 is 0 Å². The maximum Gasteiger partial charge on any atom is 0.123 e. The Morgan fingerprint density at radius 1 is 0.889 bits per heavy atom. The van der Waals surface area contributed by atoms with Gasteiger partial charge in [0.2, 0.25) is 0 Å². The first-order chi connectivity index (χ1) is 8.65. The Bertz CT molecular complexity index is 578. The lowest BCUT2D eigenvalue weighted by molar-refractivity contribution is 0.625. The summed E-state index contributed by atoms with van der Waals surface area (Å²) >= 11 is 6.25. The van der Waals surface area contributed by atoms with E-state index in [-0.39, 0.29) is 22.9 Å². The van der Waals surface area contributed by atoms with Crippen molar-refractivity contribution in [2.45, 2.75) is 17.7 Å². The highest BCUT2D eigenvalue weighted by molar-refractivity contribution is 6.21. The molecular formula is C15H11ClF2. The minimum absolute atomic E-state index is 0.128. The van der Waals surface area contributed by atoms with E-state index in [1.54, 1.807) is 18.2 Å². The standard InChI is InChI=1S/C15H11ClF2/c16-15-8-13(9-1-3-10(17)4-2-9)12-6-5-11(18)7-14(12)15/h1-7,13,15H,8H2/t13-,15-/m1/s1. The minimum Gasteiger partial charge on any atom is -0.207 e. The molecule has 1 aliphatic carbocycles. The van der Waals surface area contributed by atoms with Gasteiger partial charge in [0.05, 0.1) is 5.38 Å². The largest absolute Gasteiger partial charge is 0.207 e. The summed E-state index contributed by atoms with van der Waals surface area (Å²) in [6.45, 7) is 0. The van der Waals surface area contributed by atoms with Gasteiger partial charge in [-0.1, -0.05) is 18.2 Å². The fourth-order valence-electron chi connectivity index (χ4n) is 2.61. The second-order valence-corrected chi connectivity index (χ2v) is 5.11. The fraction of sp³-hybridized carbons (Fsp3) is 0.200. The van der Waals surface area contributed by atoms with Crippen molar-refractivity contribution in [1.29, 1.82) is 0 Å². The molecule has 2 aromatic carbocycles. The van der Waals surface area contributed by atoms with E-state index in [9.17, 15) is 8.78 Å². The van der Waals surface area contributed by atoms with E-state index < -0.39 is 0 Å². The predicted molar refractivity (Wildman–Crippen MR) is 67.9 cm³/mol. The first-order valence-corrected chi connectivity index (χ1v) is 6.27. The van der Waals surface area contributed by atoms with Gasteiger partial charge in [0.25, 0.3) is 0 Å². The molecule has 18 heavy (non-hydrogen) atoms. The summed E-state index contributed by atoms with van der Waals surface area (Å²) in [5.41, 5.74) is 2.92. The van der Waals surface area contributed by atoms with Crippen molar-refractivity contribution >= 4 is 11.6 Å². The number of hydrogen-bond acceptors (Lipinski definition) is 0. The lowest BCUT2D eigenvalue weighted by Crippen LogP contribution is -1.96. The molecule has 0 radical (unpaired) electrons. The van der Waals surface area contributed by atoms with Gasteiger partial charge in [0.15, 0.2) is 0 Å². The van der Waals surface area contributed by atoms with E-state index in [1.165, 1.54) is 24.3 Å². The van der Waals surface area contributed by atoms with Crippen LogP contribution >= 0.6 is 11.6 Å². The van der Waals surface area contributed by atoms with E-state index in [0.717, 1.165) is 23.1 Å². The molecule has 0 amide bonds. The number of rotatable bonds is 1.